The molecular formula is C30H35NO7S. The third-order valence-corrected chi connectivity index (χ3v) is 7.82. The summed E-state index contributed by atoms with van der Waals surface area (Å²) >= 11 is 0. The van der Waals surface area contributed by atoms with Crippen LogP contribution in [0.1, 0.15) is 45.4 Å². The first-order valence-electron chi connectivity index (χ1n) is 12.9. The number of fused-ring (bicyclic) bond motifs is 1. The van der Waals surface area contributed by atoms with E-state index in [-0.39, 0.29) is 17.5 Å². The van der Waals surface area contributed by atoms with Gasteiger partial charge in [-0.3, -0.25) is 0 Å². The molecule has 208 valence electrons. The van der Waals surface area contributed by atoms with Crippen molar-refractivity contribution >= 4 is 27.5 Å². The van der Waals surface area contributed by atoms with Gasteiger partial charge in [-0.25, -0.2) is 18.0 Å². The zero-order valence-electron chi connectivity index (χ0n) is 22.4. The molecule has 0 aromatic heterocycles. The highest BCUT2D eigenvalue weighted by Crippen LogP contribution is 2.37. The smallest absolute Gasteiger partial charge is 0.350 e. The normalized spacial score (nSPS) is 14.1. The van der Waals surface area contributed by atoms with Gasteiger partial charge in [0.2, 0.25) is 9.84 Å². The van der Waals surface area contributed by atoms with E-state index in [4.69, 9.17) is 14.2 Å². The maximum atomic E-state index is 13.3. The number of carbonyl (C=O) groups is 2. The Morgan fingerprint density at radius 3 is 2.05 bits per heavy atom. The van der Waals surface area contributed by atoms with Crippen molar-refractivity contribution in [3.8, 4) is 5.75 Å². The predicted molar refractivity (Wildman–Crippen MR) is 150 cm³/mol. The fourth-order valence-electron chi connectivity index (χ4n) is 3.84. The Balaban J connectivity index is 1.56. The van der Waals surface area contributed by atoms with Crippen LogP contribution >= 0.6 is 0 Å². The molecule has 0 N–H and O–H groups in total. The second-order valence-electron chi connectivity index (χ2n) is 9.15. The van der Waals surface area contributed by atoms with Crippen molar-refractivity contribution in [1.82, 2.24) is 0 Å². The Morgan fingerprint density at radius 2 is 1.44 bits per heavy atom. The van der Waals surface area contributed by atoms with E-state index in [1.165, 1.54) is 24.3 Å². The molecule has 0 bridgehead atoms. The SMILES string of the molecule is C=C(C)C(=O)OCCCCCCCCOC(=O)/C(=C/C=C1\Oc2ccccc2N1C)S(=O)(=O)c1ccccc1. The Bertz CT molecular complexity index is 1330. The number of carbonyl (C=O) groups excluding carboxylic acids is 2. The number of esters is 2. The molecule has 2 aromatic rings. The van der Waals surface area contributed by atoms with Crippen LogP contribution in [0.5, 0.6) is 5.75 Å². The van der Waals surface area contributed by atoms with Crippen LogP contribution in [0.4, 0.5) is 5.69 Å². The van der Waals surface area contributed by atoms with Gasteiger partial charge in [0, 0.05) is 18.7 Å². The number of rotatable bonds is 14. The Kier molecular flexibility index (Phi) is 10.9. The van der Waals surface area contributed by atoms with E-state index in [0.29, 0.717) is 30.2 Å². The van der Waals surface area contributed by atoms with Gasteiger partial charge in [0.15, 0.2) is 16.5 Å². The molecule has 1 aliphatic heterocycles. The van der Waals surface area contributed by atoms with Gasteiger partial charge in [0.05, 0.1) is 23.8 Å². The molecule has 0 radical (unpaired) electrons. The highest BCUT2D eigenvalue weighted by atomic mass is 32.2. The molecule has 0 aliphatic carbocycles. The molecule has 2 aromatic carbocycles. The quantitative estimate of drug-likeness (QED) is 0.166. The number of nitrogens with zero attached hydrogens (tertiary/aromatic N) is 1. The van der Waals surface area contributed by atoms with Gasteiger partial charge in [0.25, 0.3) is 0 Å². The molecule has 0 atom stereocenters. The van der Waals surface area contributed by atoms with Crippen LogP contribution in [-0.4, -0.2) is 40.6 Å². The molecule has 1 heterocycles. The first-order valence-corrected chi connectivity index (χ1v) is 14.4. The zero-order chi connectivity index (χ0) is 28.3. The molecule has 3 rings (SSSR count). The molecule has 0 spiro atoms. The summed E-state index contributed by atoms with van der Waals surface area (Å²) in [7, 11) is -2.33. The second-order valence-corrected chi connectivity index (χ2v) is 11.1. The van der Waals surface area contributed by atoms with Gasteiger partial charge < -0.3 is 19.1 Å². The molecule has 0 saturated heterocycles. The number of sulfone groups is 1. The summed E-state index contributed by atoms with van der Waals surface area (Å²) in [4.78, 5) is 25.6. The second kappa shape index (κ2) is 14.3. The molecule has 0 amide bonds. The third kappa shape index (κ3) is 8.32. The lowest BCUT2D eigenvalue weighted by atomic mass is 10.1. The highest BCUT2D eigenvalue weighted by molar-refractivity contribution is 7.96. The summed E-state index contributed by atoms with van der Waals surface area (Å²) in [6, 6.07) is 15.2. The maximum Gasteiger partial charge on any atom is 0.350 e. The molecule has 1 aliphatic rings. The highest BCUT2D eigenvalue weighted by Gasteiger charge is 2.29. The molecule has 0 unspecified atom stereocenters. The lowest BCUT2D eigenvalue weighted by molar-refractivity contribution is -0.139. The van der Waals surface area contributed by atoms with Gasteiger partial charge in [-0.15, -0.1) is 0 Å². The zero-order valence-corrected chi connectivity index (χ0v) is 23.2. The third-order valence-electron chi connectivity index (χ3n) is 6.05. The van der Waals surface area contributed by atoms with Gasteiger partial charge in [-0.1, -0.05) is 62.6 Å². The van der Waals surface area contributed by atoms with E-state index in [9.17, 15) is 18.0 Å². The van der Waals surface area contributed by atoms with Crippen LogP contribution in [0.2, 0.25) is 0 Å². The standard InChI is InChI=1S/C30H35NO7S/c1-23(2)29(32)36-21-13-6-4-5-7-14-22-37-30(33)27(39(34,35)24-15-9-8-10-16-24)19-20-28-31(3)25-17-11-12-18-26(25)38-28/h8-12,15-20H,1,4-7,13-14,21-22H2,2-3H3/b27-19-,28-20-. The Labute approximate surface area is 230 Å². The number of ether oxygens (including phenoxy) is 3. The fourth-order valence-corrected chi connectivity index (χ4v) is 5.14. The fraction of sp³-hybridized carbons (Fsp3) is 0.333. The van der Waals surface area contributed by atoms with Crippen LogP contribution in [0, 0.1) is 0 Å². The number of hydrogen-bond acceptors (Lipinski definition) is 8. The molecule has 39 heavy (non-hydrogen) atoms. The number of benzene rings is 2. The minimum absolute atomic E-state index is 0.00418. The van der Waals surface area contributed by atoms with Crippen LogP contribution < -0.4 is 9.64 Å². The van der Waals surface area contributed by atoms with Crippen molar-refractivity contribution < 1.29 is 32.2 Å². The van der Waals surface area contributed by atoms with Gasteiger partial charge >= 0.3 is 11.9 Å². The lowest BCUT2D eigenvalue weighted by Gasteiger charge is -2.11. The number of unbranched alkanes of at least 4 members (excludes halogenated alkanes) is 5. The van der Waals surface area contributed by atoms with E-state index < -0.39 is 20.7 Å². The first kappa shape index (κ1) is 29.7. The summed E-state index contributed by atoms with van der Waals surface area (Å²) in [6.45, 7) is 5.64. The minimum atomic E-state index is -4.12. The summed E-state index contributed by atoms with van der Waals surface area (Å²) in [5.41, 5.74) is 1.22. The molecule has 0 saturated carbocycles. The van der Waals surface area contributed by atoms with Crippen molar-refractivity contribution in [1.29, 1.82) is 0 Å². The van der Waals surface area contributed by atoms with Crippen molar-refractivity contribution in [2.24, 2.45) is 0 Å². The van der Waals surface area contributed by atoms with Crippen LogP contribution in [0.15, 0.2) is 94.6 Å². The number of anilines is 1. The summed E-state index contributed by atoms with van der Waals surface area (Å²) in [5.74, 6) is -0.251. The maximum absolute atomic E-state index is 13.3. The lowest BCUT2D eigenvalue weighted by Crippen LogP contribution is -2.18. The van der Waals surface area contributed by atoms with E-state index >= 15 is 0 Å². The van der Waals surface area contributed by atoms with Crippen LogP contribution in [0.3, 0.4) is 0 Å². The van der Waals surface area contributed by atoms with Crippen LogP contribution in [-0.2, 0) is 28.9 Å². The average molecular weight is 554 g/mol. The van der Waals surface area contributed by atoms with E-state index in [2.05, 4.69) is 6.58 Å². The molecule has 8 nitrogen and oxygen atoms in total. The van der Waals surface area contributed by atoms with Crippen molar-refractivity contribution in [2.45, 2.75) is 50.3 Å². The van der Waals surface area contributed by atoms with Gasteiger partial charge in [-0.05, 0) is 50.1 Å². The summed E-state index contributed by atoms with van der Waals surface area (Å²) in [5, 5.41) is 0. The van der Waals surface area contributed by atoms with Gasteiger partial charge in [-0.2, -0.15) is 0 Å². The van der Waals surface area contributed by atoms with Crippen molar-refractivity contribution in [3.63, 3.8) is 0 Å². The Hall–Kier alpha value is -3.85. The predicted octanol–water partition coefficient (Wildman–Crippen LogP) is 5.72. The number of allylic oxidation sites excluding steroid dienone is 2. The molecular weight excluding hydrogens is 518 g/mol. The molecule has 9 heteroatoms. The van der Waals surface area contributed by atoms with E-state index in [1.807, 2.05) is 24.3 Å². The van der Waals surface area contributed by atoms with E-state index in [1.54, 1.807) is 37.1 Å². The Morgan fingerprint density at radius 1 is 0.872 bits per heavy atom. The monoisotopic (exact) mass is 553 g/mol. The van der Waals surface area contributed by atoms with Crippen molar-refractivity contribution in [2.75, 3.05) is 25.2 Å². The number of hydrogen-bond donors (Lipinski definition) is 0. The largest absolute Gasteiger partial charge is 0.462 e. The van der Waals surface area contributed by atoms with Crippen LogP contribution in [0.25, 0.3) is 0 Å². The summed E-state index contributed by atoms with van der Waals surface area (Å²) < 4.78 is 42.9. The molecule has 0 fully saturated rings. The average Bonchev–Trinajstić information content (AvgIpc) is 3.25. The van der Waals surface area contributed by atoms with E-state index in [0.717, 1.165) is 37.8 Å². The summed E-state index contributed by atoms with van der Waals surface area (Å²) in [6.07, 6.45) is 7.71. The number of para-hydroxylation sites is 2. The van der Waals surface area contributed by atoms with Gasteiger partial charge in [0.1, 0.15) is 0 Å². The topological polar surface area (TPSA) is 99.2 Å². The minimum Gasteiger partial charge on any atom is -0.462 e. The first-order chi connectivity index (χ1) is 18.7. The van der Waals surface area contributed by atoms with Crippen molar-refractivity contribution in [3.05, 3.63) is 89.7 Å².